The molecule has 0 N–H and O–H groups in total. The summed E-state index contributed by atoms with van der Waals surface area (Å²) in [6.45, 7) is 0.513. The van der Waals surface area contributed by atoms with Crippen LogP contribution in [0.25, 0.3) is 0 Å². The van der Waals surface area contributed by atoms with Gasteiger partial charge in [-0.15, -0.1) is 0 Å². The third-order valence-electron chi connectivity index (χ3n) is 4.23. The first-order chi connectivity index (χ1) is 12.3. The summed E-state index contributed by atoms with van der Waals surface area (Å²) in [5.41, 5.74) is 0.666. The van der Waals surface area contributed by atoms with Gasteiger partial charge >= 0.3 is 0 Å². The lowest BCUT2D eigenvalue weighted by atomic mass is 10.2. The minimum atomic E-state index is 0.0326. The lowest BCUT2D eigenvalue weighted by Gasteiger charge is -2.21. The van der Waals surface area contributed by atoms with Gasteiger partial charge in [0.25, 0.3) is 5.91 Å². The Labute approximate surface area is 146 Å². The quantitative estimate of drug-likeness (QED) is 0.646. The first-order valence-corrected chi connectivity index (χ1v) is 8.46. The average Bonchev–Trinajstić information content (AvgIpc) is 3.36. The molecule has 0 atom stereocenters. The molecule has 0 unspecified atom stereocenters. The molecule has 0 aliphatic heterocycles. The van der Waals surface area contributed by atoms with Crippen LogP contribution in [0.4, 0.5) is 0 Å². The van der Waals surface area contributed by atoms with Crippen LogP contribution in [0.1, 0.15) is 29.0 Å². The number of ether oxygens (including phenoxy) is 1. The summed E-state index contributed by atoms with van der Waals surface area (Å²) in [7, 11) is 0. The van der Waals surface area contributed by atoms with Gasteiger partial charge in [0.15, 0.2) is 0 Å². The fourth-order valence-corrected chi connectivity index (χ4v) is 2.78. The van der Waals surface area contributed by atoms with E-state index in [2.05, 4.69) is 0 Å². The number of benzene rings is 2. The molecule has 4 nitrogen and oxygen atoms in total. The number of carbonyl (C=O) groups excluding carboxylic acids is 1. The van der Waals surface area contributed by atoms with Crippen LogP contribution < -0.4 is 4.74 Å². The monoisotopic (exact) mass is 333 g/mol. The maximum absolute atomic E-state index is 12.9. The van der Waals surface area contributed by atoms with Gasteiger partial charge < -0.3 is 14.1 Å². The fraction of sp³-hybridized carbons (Fsp3) is 0.190. The van der Waals surface area contributed by atoms with Crippen molar-refractivity contribution in [2.24, 2.45) is 0 Å². The van der Waals surface area contributed by atoms with Crippen molar-refractivity contribution in [3.63, 3.8) is 0 Å². The molecule has 0 bridgehead atoms. The molecule has 4 rings (SSSR count). The predicted octanol–water partition coefficient (Wildman–Crippen LogP) is 4.88. The molecule has 0 saturated heterocycles. The highest BCUT2D eigenvalue weighted by atomic mass is 16.5. The molecular weight excluding hydrogens is 314 g/mol. The van der Waals surface area contributed by atoms with Crippen molar-refractivity contribution in [3.05, 3.63) is 84.3 Å². The van der Waals surface area contributed by atoms with E-state index in [1.54, 1.807) is 6.26 Å². The second-order valence-electron chi connectivity index (χ2n) is 6.18. The van der Waals surface area contributed by atoms with Crippen LogP contribution in [-0.2, 0) is 6.54 Å². The molecular formula is C21H19NO3. The topological polar surface area (TPSA) is 42.7 Å². The smallest absolute Gasteiger partial charge is 0.254 e. The van der Waals surface area contributed by atoms with Crippen LogP contribution in [0.5, 0.6) is 11.5 Å². The highest BCUT2D eigenvalue weighted by Crippen LogP contribution is 2.30. The van der Waals surface area contributed by atoms with Crippen LogP contribution in [0.2, 0.25) is 0 Å². The largest absolute Gasteiger partial charge is 0.467 e. The van der Waals surface area contributed by atoms with Crippen LogP contribution in [0.3, 0.4) is 0 Å². The van der Waals surface area contributed by atoms with Gasteiger partial charge in [-0.1, -0.05) is 18.2 Å². The molecule has 126 valence electrons. The van der Waals surface area contributed by atoms with Crippen molar-refractivity contribution in [2.45, 2.75) is 25.4 Å². The van der Waals surface area contributed by atoms with Gasteiger partial charge in [0, 0.05) is 11.6 Å². The minimum Gasteiger partial charge on any atom is -0.467 e. The average molecular weight is 333 g/mol. The van der Waals surface area contributed by atoms with Gasteiger partial charge in [-0.3, -0.25) is 4.79 Å². The molecule has 4 heteroatoms. The summed E-state index contributed by atoms with van der Waals surface area (Å²) in [6, 6.07) is 21.0. The molecule has 1 aliphatic rings. The van der Waals surface area contributed by atoms with Crippen molar-refractivity contribution in [3.8, 4) is 11.5 Å². The number of nitrogens with zero attached hydrogens (tertiary/aromatic N) is 1. The number of para-hydroxylation sites is 1. The van der Waals surface area contributed by atoms with Crippen LogP contribution in [0, 0.1) is 0 Å². The third-order valence-corrected chi connectivity index (χ3v) is 4.23. The Bertz CT molecular complexity index is 821. The zero-order valence-corrected chi connectivity index (χ0v) is 13.8. The van der Waals surface area contributed by atoms with E-state index in [9.17, 15) is 4.79 Å². The highest BCUT2D eigenvalue weighted by Gasteiger charge is 2.33. The van der Waals surface area contributed by atoms with Gasteiger partial charge in [0.1, 0.15) is 17.3 Å². The van der Waals surface area contributed by atoms with E-state index in [0.29, 0.717) is 23.9 Å². The first-order valence-electron chi connectivity index (χ1n) is 8.46. The fourth-order valence-electron chi connectivity index (χ4n) is 2.78. The molecule has 1 fully saturated rings. The van der Waals surface area contributed by atoms with Crippen molar-refractivity contribution >= 4 is 5.91 Å². The van der Waals surface area contributed by atoms with Crippen LogP contribution in [0.15, 0.2) is 77.4 Å². The maximum atomic E-state index is 12.9. The van der Waals surface area contributed by atoms with Gasteiger partial charge in [0.05, 0.1) is 12.8 Å². The first kappa shape index (κ1) is 15.5. The van der Waals surface area contributed by atoms with E-state index in [-0.39, 0.29) is 5.91 Å². The summed E-state index contributed by atoms with van der Waals surface area (Å²) in [4.78, 5) is 14.8. The van der Waals surface area contributed by atoms with E-state index < -0.39 is 0 Å². The molecule has 1 amide bonds. The van der Waals surface area contributed by atoms with E-state index >= 15 is 0 Å². The Morgan fingerprint density at radius 3 is 2.32 bits per heavy atom. The predicted molar refractivity (Wildman–Crippen MR) is 94.6 cm³/mol. The van der Waals surface area contributed by atoms with Gasteiger partial charge in [0.2, 0.25) is 0 Å². The zero-order valence-electron chi connectivity index (χ0n) is 13.8. The molecule has 1 aromatic heterocycles. The molecule has 1 aliphatic carbocycles. The molecule has 1 saturated carbocycles. The summed E-state index contributed by atoms with van der Waals surface area (Å²) < 4.78 is 11.2. The molecule has 25 heavy (non-hydrogen) atoms. The summed E-state index contributed by atoms with van der Waals surface area (Å²) in [5, 5.41) is 0. The van der Waals surface area contributed by atoms with E-state index in [1.165, 1.54) is 0 Å². The van der Waals surface area contributed by atoms with Crippen molar-refractivity contribution in [1.29, 1.82) is 0 Å². The Kier molecular flexibility index (Phi) is 4.25. The number of rotatable bonds is 6. The Morgan fingerprint density at radius 2 is 1.68 bits per heavy atom. The van der Waals surface area contributed by atoms with E-state index in [4.69, 9.17) is 9.15 Å². The third kappa shape index (κ3) is 3.74. The summed E-state index contributed by atoms with van der Waals surface area (Å²) in [5.74, 6) is 2.33. The molecule has 2 aromatic carbocycles. The summed E-state index contributed by atoms with van der Waals surface area (Å²) in [6.07, 6.45) is 3.75. The number of amides is 1. The van der Waals surface area contributed by atoms with Crippen molar-refractivity contribution < 1.29 is 13.9 Å². The molecule has 0 spiro atoms. The van der Waals surface area contributed by atoms with Crippen molar-refractivity contribution in [2.75, 3.05) is 0 Å². The van der Waals surface area contributed by atoms with Crippen LogP contribution in [-0.4, -0.2) is 16.8 Å². The number of furan rings is 1. The van der Waals surface area contributed by atoms with Crippen molar-refractivity contribution in [1.82, 2.24) is 4.90 Å². The van der Waals surface area contributed by atoms with Gasteiger partial charge in [-0.25, -0.2) is 0 Å². The van der Waals surface area contributed by atoms with Gasteiger partial charge in [-0.2, -0.15) is 0 Å². The second-order valence-corrected chi connectivity index (χ2v) is 6.18. The Hall–Kier alpha value is -3.01. The molecule has 1 heterocycles. The SMILES string of the molecule is O=C(c1ccc(Oc2ccccc2)cc1)N(Cc1ccco1)C1CC1. The number of hydrogen-bond donors (Lipinski definition) is 0. The Morgan fingerprint density at radius 1 is 0.960 bits per heavy atom. The van der Waals surface area contributed by atoms with Gasteiger partial charge in [-0.05, 0) is 61.4 Å². The standard InChI is InChI=1S/C21H19NO3/c23-21(22(17-10-11-17)15-20-7-4-14-24-20)16-8-12-19(13-9-16)25-18-5-2-1-3-6-18/h1-9,12-14,17H,10-11,15H2. The molecule has 0 radical (unpaired) electrons. The number of carbonyl (C=O) groups is 1. The Balaban J connectivity index is 1.47. The summed E-state index contributed by atoms with van der Waals surface area (Å²) >= 11 is 0. The zero-order chi connectivity index (χ0) is 17.1. The number of hydrogen-bond acceptors (Lipinski definition) is 3. The lowest BCUT2D eigenvalue weighted by Crippen LogP contribution is -2.32. The van der Waals surface area contributed by atoms with Crippen LogP contribution >= 0.6 is 0 Å². The minimum absolute atomic E-state index is 0.0326. The van der Waals surface area contributed by atoms with E-state index in [0.717, 1.165) is 24.4 Å². The molecule has 3 aromatic rings. The highest BCUT2D eigenvalue weighted by molar-refractivity contribution is 5.94. The normalized spacial score (nSPS) is 13.4. The lowest BCUT2D eigenvalue weighted by molar-refractivity contribution is 0.0717. The van der Waals surface area contributed by atoms with E-state index in [1.807, 2.05) is 71.6 Å². The second kappa shape index (κ2) is 6.85. The maximum Gasteiger partial charge on any atom is 0.254 e.